The number of halogens is 1. The van der Waals surface area contributed by atoms with Gasteiger partial charge in [0.25, 0.3) is 11.8 Å². The van der Waals surface area contributed by atoms with Gasteiger partial charge in [-0.2, -0.15) is 5.26 Å². The van der Waals surface area contributed by atoms with Gasteiger partial charge in [-0.15, -0.1) is 0 Å². The van der Waals surface area contributed by atoms with Gasteiger partial charge in [-0.1, -0.05) is 29.8 Å². The number of ether oxygens (including phenoxy) is 2. The first-order valence-electron chi connectivity index (χ1n) is 8.26. The van der Waals surface area contributed by atoms with E-state index in [0.29, 0.717) is 22.0 Å². The largest absolute Gasteiger partial charge is 0.493 e. The Hall–Kier alpha value is -3.50. The van der Waals surface area contributed by atoms with E-state index in [4.69, 9.17) is 26.3 Å². The molecule has 2 amide bonds. The fraction of sp³-hybridized carbons (Fsp3) is 0.150. The molecule has 1 N–H and O–H groups in total. The second kappa shape index (κ2) is 8.03. The minimum Gasteiger partial charge on any atom is -0.493 e. The SMILES string of the molecule is COc1cccc(/C=C2/C(=O)NN(c3ccc(C)c(Cl)c3)C2=O)c1OCC#N. The zero-order chi connectivity index (χ0) is 20.3. The predicted molar refractivity (Wildman–Crippen MR) is 104 cm³/mol. The summed E-state index contributed by atoms with van der Waals surface area (Å²) in [6.45, 7) is 1.64. The van der Waals surface area contributed by atoms with Crippen LogP contribution in [0.2, 0.25) is 5.02 Å². The van der Waals surface area contributed by atoms with Crippen molar-refractivity contribution in [3.8, 4) is 17.6 Å². The molecule has 0 aromatic heterocycles. The van der Waals surface area contributed by atoms with Crippen molar-refractivity contribution in [2.24, 2.45) is 0 Å². The second-order valence-electron chi connectivity index (χ2n) is 5.90. The molecule has 0 spiro atoms. The van der Waals surface area contributed by atoms with E-state index in [2.05, 4.69) is 5.43 Å². The summed E-state index contributed by atoms with van der Waals surface area (Å²) in [6.07, 6.45) is 1.41. The summed E-state index contributed by atoms with van der Waals surface area (Å²) >= 11 is 6.12. The maximum atomic E-state index is 12.8. The number of carbonyl (C=O) groups excluding carboxylic acids is 2. The highest BCUT2D eigenvalue weighted by molar-refractivity contribution is 6.33. The van der Waals surface area contributed by atoms with Crippen LogP contribution >= 0.6 is 11.6 Å². The molecule has 1 fully saturated rings. The average molecular weight is 398 g/mol. The number of hydrogen-bond donors (Lipinski definition) is 1. The first kappa shape index (κ1) is 19.3. The quantitative estimate of drug-likeness (QED) is 0.618. The number of benzene rings is 2. The zero-order valence-corrected chi connectivity index (χ0v) is 15.9. The molecule has 1 aliphatic rings. The van der Waals surface area contributed by atoms with E-state index in [1.807, 2.05) is 13.0 Å². The van der Waals surface area contributed by atoms with Crippen molar-refractivity contribution in [3.63, 3.8) is 0 Å². The molecule has 0 unspecified atom stereocenters. The third-order valence-corrected chi connectivity index (χ3v) is 4.52. The Labute approximate surface area is 166 Å². The monoisotopic (exact) mass is 397 g/mol. The summed E-state index contributed by atoms with van der Waals surface area (Å²) in [5.74, 6) is -0.427. The molecule has 8 heteroatoms. The number of nitrogens with zero attached hydrogens (tertiary/aromatic N) is 2. The minimum absolute atomic E-state index is 0.0771. The molecule has 0 aliphatic carbocycles. The molecule has 3 rings (SSSR count). The van der Waals surface area contributed by atoms with Crippen molar-refractivity contribution in [2.45, 2.75) is 6.92 Å². The normalized spacial score (nSPS) is 14.8. The Morgan fingerprint density at radius 1 is 1.29 bits per heavy atom. The van der Waals surface area contributed by atoms with E-state index in [1.54, 1.807) is 36.4 Å². The van der Waals surface area contributed by atoms with E-state index < -0.39 is 11.8 Å². The molecule has 2 aromatic rings. The van der Waals surface area contributed by atoms with Crippen LogP contribution in [0.15, 0.2) is 42.0 Å². The molecule has 142 valence electrons. The number of aryl methyl sites for hydroxylation is 1. The lowest BCUT2D eigenvalue weighted by Crippen LogP contribution is -2.35. The Bertz CT molecular complexity index is 1030. The smallest absolute Gasteiger partial charge is 0.282 e. The Kier molecular flexibility index (Phi) is 5.52. The topological polar surface area (TPSA) is 91.7 Å². The lowest BCUT2D eigenvalue weighted by atomic mass is 10.1. The fourth-order valence-corrected chi connectivity index (χ4v) is 2.86. The molecular weight excluding hydrogens is 382 g/mol. The van der Waals surface area contributed by atoms with Gasteiger partial charge in [0.05, 0.1) is 12.8 Å². The van der Waals surface area contributed by atoms with E-state index >= 15 is 0 Å². The molecule has 0 radical (unpaired) electrons. The van der Waals surface area contributed by atoms with Crippen molar-refractivity contribution in [1.29, 1.82) is 5.26 Å². The van der Waals surface area contributed by atoms with Gasteiger partial charge in [0.15, 0.2) is 18.1 Å². The molecule has 1 aliphatic heterocycles. The van der Waals surface area contributed by atoms with Gasteiger partial charge >= 0.3 is 0 Å². The molecule has 0 bridgehead atoms. The number of nitriles is 1. The predicted octanol–water partition coefficient (Wildman–Crippen LogP) is 3.02. The van der Waals surface area contributed by atoms with Gasteiger partial charge in [0, 0.05) is 10.6 Å². The highest BCUT2D eigenvalue weighted by atomic mass is 35.5. The molecular formula is C20H16ClN3O4. The van der Waals surface area contributed by atoms with Crippen LogP contribution in [0.4, 0.5) is 5.69 Å². The number of hydrazine groups is 1. The zero-order valence-electron chi connectivity index (χ0n) is 15.2. The summed E-state index contributed by atoms with van der Waals surface area (Å²) in [6, 6.07) is 11.9. The fourth-order valence-electron chi connectivity index (χ4n) is 2.68. The Morgan fingerprint density at radius 3 is 2.75 bits per heavy atom. The average Bonchev–Trinajstić information content (AvgIpc) is 2.97. The first-order valence-corrected chi connectivity index (χ1v) is 8.64. The summed E-state index contributed by atoms with van der Waals surface area (Å²) in [5.41, 5.74) is 4.19. The number of nitrogens with one attached hydrogen (secondary N) is 1. The molecule has 0 saturated carbocycles. The minimum atomic E-state index is -0.559. The van der Waals surface area contributed by atoms with Gasteiger partial charge < -0.3 is 9.47 Å². The third kappa shape index (κ3) is 3.63. The van der Waals surface area contributed by atoms with Gasteiger partial charge in [-0.3, -0.25) is 15.0 Å². The number of rotatable bonds is 5. The van der Waals surface area contributed by atoms with Gasteiger partial charge in [0.1, 0.15) is 11.6 Å². The standard InChI is InChI=1S/C20H16ClN3O4/c1-12-6-7-14(11-16(12)21)24-20(26)15(19(25)23-24)10-13-4-3-5-17(27-2)18(13)28-9-8-22/h3-7,10-11H,9H2,1-2H3,(H,23,25)/b15-10-. The van der Waals surface area contributed by atoms with Crippen LogP contribution in [0.25, 0.3) is 6.08 Å². The van der Waals surface area contributed by atoms with E-state index in [-0.39, 0.29) is 17.9 Å². The number of methoxy groups -OCH3 is 1. The molecule has 28 heavy (non-hydrogen) atoms. The summed E-state index contributed by atoms with van der Waals surface area (Å²) < 4.78 is 10.7. The number of amides is 2. The van der Waals surface area contributed by atoms with Crippen LogP contribution in [0.1, 0.15) is 11.1 Å². The number of hydrogen-bond acceptors (Lipinski definition) is 5. The van der Waals surface area contributed by atoms with Crippen LogP contribution in [-0.2, 0) is 9.59 Å². The lowest BCUT2D eigenvalue weighted by Gasteiger charge is -2.15. The summed E-state index contributed by atoms with van der Waals surface area (Å²) in [7, 11) is 1.46. The molecule has 7 nitrogen and oxygen atoms in total. The summed E-state index contributed by atoms with van der Waals surface area (Å²) in [5, 5.41) is 10.4. The van der Waals surface area contributed by atoms with Crippen LogP contribution < -0.4 is 19.9 Å². The van der Waals surface area contributed by atoms with Gasteiger partial charge in [0.2, 0.25) is 0 Å². The van der Waals surface area contributed by atoms with E-state index in [9.17, 15) is 9.59 Å². The molecule has 0 atom stereocenters. The van der Waals surface area contributed by atoms with Crippen molar-refractivity contribution in [1.82, 2.24) is 5.43 Å². The van der Waals surface area contributed by atoms with Crippen LogP contribution in [0.5, 0.6) is 11.5 Å². The third-order valence-electron chi connectivity index (χ3n) is 4.12. The Balaban J connectivity index is 1.99. The van der Waals surface area contributed by atoms with E-state index in [1.165, 1.54) is 13.2 Å². The van der Waals surface area contributed by atoms with E-state index in [0.717, 1.165) is 10.6 Å². The Morgan fingerprint density at radius 2 is 2.07 bits per heavy atom. The number of para-hydroxylation sites is 1. The molecule has 1 saturated heterocycles. The van der Waals surface area contributed by atoms with Crippen molar-refractivity contribution in [2.75, 3.05) is 18.7 Å². The molecule has 1 heterocycles. The molecule has 2 aromatic carbocycles. The second-order valence-corrected chi connectivity index (χ2v) is 6.31. The van der Waals surface area contributed by atoms with Gasteiger partial charge in [-0.25, -0.2) is 5.01 Å². The van der Waals surface area contributed by atoms with Crippen LogP contribution in [0, 0.1) is 18.3 Å². The van der Waals surface area contributed by atoms with Crippen molar-refractivity contribution >= 4 is 35.2 Å². The maximum absolute atomic E-state index is 12.8. The van der Waals surface area contributed by atoms with Crippen LogP contribution in [-0.4, -0.2) is 25.5 Å². The van der Waals surface area contributed by atoms with Gasteiger partial charge in [-0.05, 0) is 36.8 Å². The number of anilines is 1. The van der Waals surface area contributed by atoms with Crippen molar-refractivity contribution < 1.29 is 19.1 Å². The highest BCUT2D eigenvalue weighted by Gasteiger charge is 2.35. The lowest BCUT2D eigenvalue weighted by molar-refractivity contribution is -0.117. The first-order chi connectivity index (χ1) is 13.5. The highest BCUT2D eigenvalue weighted by Crippen LogP contribution is 2.34. The summed E-state index contributed by atoms with van der Waals surface area (Å²) in [4.78, 5) is 25.2. The maximum Gasteiger partial charge on any atom is 0.282 e. The van der Waals surface area contributed by atoms with Crippen molar-refractivity contribution in [3.05, 3.63) is 58.1 Å². The number of carbonyl (C=O) groups is 2. The van der Waals surface area contributed by atoms with Crippen LogP contribution in [0.3, 0.4) is 0 Å².